The van der Waals surface area contributed by atoms with Crippen LogP contribution in [0.15, 0.2) is 24.3 Å². The largest absolute Gasteiger partial charge is 0.475 e. The summed E-state index contributed by atoms with van der Waals surface area (Å²) in [6.45, 7) is 13.9. The number of rotatable bonds is 18. The van der Waals surface area contributed by atoms with Crippen molar-refractivity contribution in [1.29, 1.82) is 0 Å². The summed E-state index contributed by atoms with van der Waals surface area (Å²) in [4.78, 5) is 0. The number of hydrogen-bond acceptors (Lipinski definition) is 4. The Labute approximate surface area is 197 Å². The molecule has 1 aromatic rings. The standard InChI is InChI=1S/C27H47O4P/c1-7-11-14-25(9-3)21-30-32(28,31-22-26(10-4)15-12-8-2)29-17-13-16-27-19-23(5)18-24(6)20-27/h13,16,18-20,25-26H,7-12,14-15,17,21-22H2,1-6H3/b16-13-. The fourth-order valence-electron chi connectivity index (χ4n) is 3.73. The van der Waals surface area contributed by atoms with E-state index in [-0.39, 0.29) is 6.61 Å². The molecular weight excluding hydrogens is 419 g/mol. The molecule has 184 valence electrons. The number of phosphoric ester groups is 1. The van der Waals surface area contributed by atoms with Crippen molar-refractivity contribution in [3.63, 3.8) is 0 Å². The number of benzene rings is 1. The molecular formula is C27H47O4P. The molecule has 2 unspecified atom stereocenters. The molecule has 0 fully saturated rings. The molecule has 0 aliphatic heterocycles. The minimum Gasteiger partial charge on any atom is -0.287 e. The van der Waals surface area contributed by atoms with Crippen molar-refractivity contribution in [1.82, 2.24) is 0 Å². The molecule has 2 atom stereocenters. The van der Waals surface area contributed by atoms with E-state index >= 15 is 0 Å². The molecule has 1 rings (SSSR count). The number of aryl methyl sites for hydroxylation is 2. The average molecular weight is 467 g/mol. The third-order valence-electron chi connectivity index (χ3n) is 5.91. The van der Waals surface area contributed by atoms with Gasteiger partial charge in [0.2, 0.25) is 0 Å². The fourth-order valence-corrected chi connectivity index (χ4v) is 5.01. The SMILES string of the molecule is CCCCC(CC)COP(=O)(OC/C=C\c1cc(C)cc(C)c1)OCC(CC)CCCC. The average Bonchev–Trinajstić information content (AvgIpc) is 2.76. The fraction of sp³-hybridized carbons (Fsp3) is 0.704. The molecule has 0 saturated heterocycles. The molecule has 1 aromatic carbocycles. The van der Waals surface area contributed by atoms with E-state index in [9.17, 15) is 4.57 Å². The molecule has 0 bridgehead atoms. The maximum atomic E-state index is 13.4. The van der Waals surface area contributed by atoms with Gasteiger partial charge in [-0.1, -0.05) is 108 Å². The first-order chi connectivity index (χ1) is 15.4. The van der Waals surface area contributed by atoms with Crippen LogP contribution in [0.4, 0.5) is 0 Å². The Morgan fingerprint density at radius 3 is 1.75 bits per heavy atom. The molecule has 0 saturated carbocycles. The lowest BCUT2D eigenvalue weighted by Gasteiger charge is -2.23. The van der Waals surface area contributed by atoms with Crippen molar-refractivity contribution in [2.75, 3.05) is 19.8 Å². The van der Waals surface area contributed by atoms with Crippen LogP contribution in [0, 0.1) is 25.7 Å². The normalized spacial score (nSPS) is 15.7. The second-order valence-corrected chi connectivity index (χ2v) is 10.7. The predicted octanol–water partition coefficient (Wildman–Crippen LogP) is 8.91. The third kappa shape index (κ3) is 12.3. The lowest BCUT2D eigenvalue weighted by atomic mass is 10.0. The van der Waals surface area contributed by atoms with Crippen LogP contribution < -0.4 is 0 Å². The van der Waals surface area contributed by atoms with Crippen LogP contribution in [0.2, 0.25) is 0 Å². The second-order valence-electron chi connectivity index (χ2n) is 8.99. The van der Waals surface area contributed by atoms with Crippen LogP contribution >= 0.6 is 7.82 Å². The summed E-state index contributed by atoms with van der Waals surface area (Å²) >= 11 is 0. The number of hydrogen-bond donors (Lipinski definition) is 0. The molecule has 4 nitrogen and oxygen atoms in total. The zero-order chi connectivity index (χ0) is 23.8. The highest BCUT2D eigenvalue weighted by molar-refractivity contribution is 7.48. The Morgan fingerprint density at radius 1 is 0.812 bits per heavy atom. The smallest absolute Gasteiger partial charge is 0.287 e. The van der Waals surface area contributed by atoms with Crippen molar-refractivity contribution in [2.24, 2.45) is 11.8 Å². The Balaban J connectivity index is 2.75. The maximum Gasteiger partial charge on any atom is 0.475 e. The van der Waals surface area contributed by atoms with Gasteiger partial charge in [-0.25, -0.2) is 4.57 Å². The van der Waals surface area contributed by atoms with Gasteiger partial charge < -0.3 is 0 Å². The van der Waals surface area contributed by atoms with E-state index in [4.69, 9.17) is 13.6 Å². The highest BCUT2D eigenvalue weighted by atomic mass is 31.2. The molecule has 0 N–H and O–H groups in total. The zero-order valence-corrected chi connectivity index (χ0v) is 22.3. The third-order valence-corrected chi connectivity index (χ3v) is 7.30. The van der Waals surface area contributed by atoms with Gasteiger partial charge in [0, 0.05) is 0 Å². The molecule has 0 radical (unpaired) electrons. The van der Waals surface area contributed by atoms with Gasteiger partial charge in [0.15, 0.2) is 0 Å². The van der Waals surface area contributed by atoms with Crippen molar-refractivity contribution >= 4 is 13.9 Å². The van der Waals surface area contributed by atoms with Gasteiger partial charge in [-0.2, -0.15) is 0 Å². The van der Waals surface area contributed by atoms with Crippen LogP contribution in [0.3, 0.4) is 0 Å². The lowest BCUT2D eigenvalue weighted by molar-refractivity contribution is 0.0904. The Bertz CT molecular complexity index is 657. The topological polar surface area (TPSA) is 44.8 Å². The van der Waals surface area contributed by atoms with Gasteiger partial charge >= 0.3 is 7.82 Å². The molecule has 0 aliphatic carbocycles. The molecule has 0 aromatic heterocycles. The summed E-state index contributed by atoms with van der Waals surface area (Å²) in [6, 6.07) is 6.39. The molecule has 0 spiro atoms. The Kier molecular flexibility index (Phi) is 15.1. The van der Waals surface area contributed by atoms with Gasteiger partial charge in [-0.05, 0) is 44.1 Å². The predicted molar refractivity (Wildman–Crippen MR) is 137 cm³/mol. The monoisotopic (exact) mass is 466 g/mol. The Hall–Kier alpha value is -0.930. The molecule has 32 heavy (non-hydrogen) atoms. The van der Waals surface area contributed by atoms with Gasteiger partial charge in [0.1, 0.15) is 0 Å². The van der Waals surface area contributed by atoms with Gasteiger partial charge in [-0.3, -0.25) is 13.6 Å². The van der Waals surface area contributed by atoms with E-state index in [1.54, 1.807) is 0 Å². The first-order valence-corrected chi connectivity index (χ1v) is 14.1. The van der Waals surface area contributed by atoms with Crippen molar-refractivity contribution in [3.05, 3.63) is 41.0 Å². The lowest BCUT2D eigenvalue weighted by Crippen LogP contribution is -2.13. The van der Waals surface area contributed by atoms with Gasteiger partial charge in [0.05, 0.1) is 19.8 Å². The summed E-state index contributed by atoms with van der Waals surface area (Å²) in [5.41, 5.74) is 3.55. The van der Waals surface area contributed by atoms with Gasteiger partial charge in [0.25, 0.3) is 0 Å². The first-order valence-electron chi connectivity index (χ1n) is 12.6. The van der Waals surface area contributed by atoms with Crippen LogP contribution in [0.5, 0.6) is 0 Å². The van der Waals surface area contributed by atoms with Crippen molar-refractivity contribution < 1.29 is 18.1 Å². The maximum absolute atomic E-state index is 13.4. The summed E-state index contributed by atoms with van der Waals surface area (Å²) in [5.74, 6) is 0.756. The van der Waals surface area contributed by atoms with Crippen LogP contribution in [-0.4, -0.2) is 19.8 Å². The minimum absolute atomic E-state index is 0.196. The molecule has 5 heteroatoms. The quantitative estimate of drug-likeness (QED) is 0.203. The Morgan fingerprint density at radius 2 is 1.31 bits per heavy atom. The highest BCUT2D eigenvalue weighted by Gasteiger charge is 2.28. The van der Waals surface area contributed by atoms with E-state index in [0.717, 1.165) is 56.9 Å². The number of phosphoric acid groups is 1. The molecule has 0 aliphatic rings. The van der Waals surface area contributed by atoms with Crippen LogP contribution in [0.1, 0.15) is 95.8 Å². The van der Waals surface area contributed by atoms with Crippen molar-refractivity contribution in [2.45, 2.75) is 92.9 Å². The van der Waals surface area contributed by atoms with E-state index in [1.165, 1.54) is 11.1 Å². The molecule has 0 amide bonds. The van der Waals surface area contributed by atoms with Gasteiger partial charge in [-0.15, -0.1) is 0 Å². The van der Waals surface area contributed by atoms with E-state index in [1.807, 2.05) is 12.2 Å². The highest BCUT2D eigenvalue weighted by Crippen LogP contribution is 2.50. The summed E-state index contributed by atoms with van der Waals surface area (Å²) in [7, 11) is -3.61. The molecule has 0 heterocycles. The van der Waals surface area contributed by atoms with E-state index in [2.05, 4.69) is 59.7 Å². The summed E-state index contributed by atoms with van der Waals surface area (Å²) < 4.78 is 30.8. The summed E-state index contributed by atoms with van der Waals surface area (Å²) in [6.07, 6.45) is 12.7. The van der Waals surface area contributed by atoms with Crippen LogP contribution in [0.25, 0.3) is 6.08 Å². The van der Waals surface area contributed by atoms with E-state index in [0.29, 0.717) is 25.0 Å². The van der Waals surface area contributed by atoms with Crippen molar-refractivity contribution in [3.8, 4) is 0 Å². The minimum atomic E-state index is -3.61. The van der Waals surface area contributed by atoms with E-state index < -0.39 is 7.82 Å². The second kappa shape index (κ2) is 16.6. The number of unbranched alkanes of at least 4 members (excludes halogenated alkanes) is 2. The zero-order valence-electron chi connectivity index (χ0n) is 21.4. The van der Waals surface area contributed by atoms with Crippen LogP contribution in [-0.2, 0) is 18.1 Å². The summed E-state index contributed by atoms with van der Waals surface area (Å²) in [5, 5.41) is 0. The first kappa shape index (κ1) is 29.1.